The van der Waals surface area contributed by atoms with Crippen LogP contribution in [-0.2, 0) is 35.5 Å². The normalized spacial score (nSPS) is 12.2. The fourth-order valence-electron chi connectivity index (χ4n) is 4.32. The molecular weight excluding hydrogens is 520 g/mol. The second-order valence-corrected chi connectivity index (χ2v) is 11.1. The van der Waals surface area contributed by atoms with E-state index in [0.717, 1.165) is 28.6 Å². The first-order valence-corrected chi connectivity index (χ1v) is 13.7. The summed E-state index contributed by atoms with van der Waals surface area (Å²) in [5, 5.41) is 3.56. The van der Waals surface area contributed by atoms with Gasteiger partial charge in [0.05, 0.1) is 16.2 Å². The molecule has 0 atom stereocenters. The summed E-state index contributed by atoms with van der Waals surface area (Å²) in [5.41, 5.74) is 1.79. The van der Waals surface area contributed by atoms with Crippen molar-refractivity contribution in [3.05, 3.63) is 100 Å². The smallest absolute Gasteiger partial charge is 0.348 e. The first kappa shape index (κ1) is 27.4. The molecular formula is C28H26F4N2O3S. The van der Waals surface area contributed by atoms with Gasteiger partial charge < -0.3 is 9.88 Å². The van der Waals surface area contributed by atoms with Crippen LogP contribution in [0.4, 0.5) is 17.6 Å². The summed E-state index contributed by atoms with van der Waals surface area (Å²) in [4.78, 5) is 13.0. The largest absolute Gasteiger partial charge is 0.416 e. The first-order chi connectivity index (χ1) is 17.9. The van der Waals surface area contributed by atoms with Crippen LogP contribution in [-0.4, -0.2) is 24.6 Å². The Morgan fingerprint density at radius 3 is 2.26 bits per heavy atom. The van der Waals surface area contributed by atoms with E-state index in [9.17, 15) is 30.8 Å². The van der Waals surface area contributed by atoms with Gasteiger partial charge in [0.1, 0.15) is 5.82 Å². The molecule has 4 aromatic rings. The van der Waals surface area contributed by atoms with Crippen molar-refractivity contribution in [2.75, 3.05) is 5.75 Å². The van der Waals surface area contributed by atoms with Crippen LogP contribution in [0.2, 0.25) is 0 Å². The van der Waals surface area contributed by atoms with E-state index in [-0.39, 0.29) is 35.1 Å². The van der Waals surface area contributed by atoms with Gasteiger partial charge in [-0.2, -0.15) is 13.2 Å². The monoisotopic (exact) mass is 546 g/mol. The quantitative estimate of drug-likeness (QED) is 0.270. The van der Waals surface area contributed by atoms with Crippen LogP contribution in [0, 0.1) is 5.82 Å². The van der Waals surface area contributed by atoms with E-state index in [1.165, 1.54) is 12.1 Å². The van der Waals surface area contributed by atoms with Crippen molar-refractivity contribution in [3.63, 3.8) is 0 Å². The zero-order chi connectivity index (χ0) is 27.7. The van der Waals surface area contributed by atoms with Gasteiger partial charge in [0.25, 0.3) is 5.91 Å². The van der Waals surface area contributed by atoms with Crippen LogP contribution in [0.3, 0.4) is 0 Å². The van der Waals surface area contributed by atoms with E-state index in [1.54, 1.807) is 43.3 Å². The number of benzene rings is 3. The maximum absolute atomic E-state index is 14.5. The zero-order valence-corrected chi connectivity index (χ0v) is 21.6. The molecule has 0 aliphatic carbocycles. The van der Waals surface area contributed by atoms with Crippen molar-refractivity contribution >= 4 is 26.6 Å². The van der Waals surface area contributed by atoms with E-state index in [2.05, 4.69) is 5.32 Å². The topological polar surface area (TPSA) is 68.2 Å². The van der Waals surface area contributed by atoms with E-state index < -0.39 is 27.4 Å². The van der Waals surface area contributed by atoms with Crippen LogP contribution in [0.1, 0.15) is 46.6 Å². The predicted octanol–water partition coefficient (Wildman–Crippen LogP) is 6.13. The Hall–Kier alpha value is -3.66. The lowest BCUT2D eigenvalue weighted by Gasteiger charge is -2.11. The fraction of sp³-hybridized carbons (Fsp3) is 0.250. The van der Waals surface area contributed by atoms with Gasteiger partial charge in [0.15, 0.2) is 9.84 Å². The minimum atomic E-state index is -4.62. The number of carbonyl (C=O) groups is 1. The molecule has 4 rings (SSSR count). The second-order valence-electron chi connectivity index (χ2n) is 8.86. The molecule has 0 saturated heterocycles. The van der Waals surface area contributed by atoms with Crippen LogP contribution >= 0.6 is 0 Å². The number of fused-ring (bicyclic) bond motifs is 1. The molecule has 38 heavy (non-hydrogen) atoms. The third kappa shape index (κ3) is 5.75. The summed E-state index contributed by atoms with van der Waals surface area (Å²) >= 11 is 0. The van der Waals surface area contributed by atoms with Crippen molar-refractivity contribution < 1.29 is 30.8 Å². The third-order valence-electron chi connectivity index (χ3n) is 6.43. The van der Waals surface area contributed by atoms with E-state index in [4.69, 9.17) is 0 Å². The van der Waals surface area contributed by atoms with Crippen molar-refractivity contribution in [1.82, 2.24) is 9.88 Å². The lowest BCUT2D eigenvalue weighted by atomic mass is 10.1. The number of rotatable bonds is 8. The summed E-state index contributed by atoms with van der Waals surface area (Å²) in [6, 6.07) is 15.8. The van der Waals surface area contributed by atoms with E-state index in [0.29, 0.717) is 23.9 Å². The number of hydrogen-bond donors (Lipinski definition) is 1. The van der Waals surface area contributed by atoms with Crippen LogP contribution < -0.4 is 5.32 Å². The summed E-state index contributed by atoms with van der Waals surface area (Å²) < 4.78 is 79.0. The Morgan fingerprint density at radius 1 is 0.947 bits per heavy atom. The average molecular weight is 547 g/mol. The molecule has 1 N–H and O–H groups in total. The Bertz CT molecular complexity index is 1590. The number of aromatic nitrogens is 1. The molecule has 1 aromatic heterocycles. The number of carbonyl (C=O) groups excluding carboxylic acids is 1. The molecule has 0 aliphatic rings. The number of nitrogens with one attached hydrogen (secondary N) is 1. The Balaban J connectivity index is 1.51. The molecule has 1 heterocycles. The molecule has 10 heteroatoms. The van der Waals surface area contributed by atoms with Gasteiger partial charge in [-0.3, -0.25) is 4.79 Å². The number of alkyl halides is 3. The van der Waals surface area contributed by atoms with E-state index in [1.807, 2.05) is 11.5 Å². The maximum atomic E-state index is 14.5. The minimum absolute atomic E-state index is 0.00626. The van der Waals surface area contributed by atoms with Gasteiger partial charge >= 0.3 is 6.18 Å². The highest BCUT2D eigenvalue weighted by Gasteiger charge is 2.31. The number of hydrogen-bond acceptors (Lipinski definition) is 3. The molecule has 0 saturated carbocycles. The van der Waals surface area contributed by atoms with Crippen molar-refractivity contribution in [1.29, 1.82) is 0 Å². The van der Waals surface area contributed by atoms with Crippen molar-refractivity contribution in [2.24, 2.45) is 0 Å². The summed E-state index contributed by atoms with van der Waals surface area (Å²) in [6.07, 6.45) is -4.52. The zero-order valence-electron chi connectivity index (χ0n) is 20.8. The summed E-state index contributed by atoms with van der Waals surface area (Å²) in [7, 11) is -3.30. The molecule has 1 amide bonds. The molecule has 0 unspecified atom stereocenters. The predicted molar refractivity (Wildman–Crippen MR) is 137 cm³/mol. The summed E-state index contributed by atoms with van der Waals surface area (Å²) in [6.45, 7) is 4.24. The summed E-state index contributed by atoms with van der Waals surface area (Å²) in [5.74, 6) is -1.24. The average Bonchev–Trinajstić information content (AvgIpc) is 3.24. The number of sulfone groups is 1. The second kappa shape index (κ2) is 10.6. The van der Waals surface area contributed by atoms with Crippen LogP contribution in [0.15, 0.2) is 71.6 Å². The number of halogens is 4. The van der Waals surface area contributed by atoms with Gasteiger partial charge in [-0.05, 0) is 66.6 Å². The van der Waals surface area contributed by atoms with Gasteiger partial charge in [-0.1, -0.05) is 25.1 Å². The van der Waals surface area contributed by atoms with Crippen LogP contribution in [0.25, 0.3) is 10.9 Å². The molecule has 0 fully saturated rings. The maximum Gasteiger partial charge on any atom is 0.416 e. The molecule has 0 spiro atoms. The van der Waals surface area contributed by atoms with Crippen molar-refractivity contribution in [2.45, 2.75) is 44.4 Å². The number of nitrogens with zero attached hydrogens (tertiary/aromatic N) is 1. The van der Waals surface area contributed by atoms with Crippen molar-refractivity contribution in [3.8, 4) is 0 Å². The van der Waals surface area contributed by atoms with Gasteiger partial charge in [-0.25, -0.2) is 12.8 Å². The minimum Gasteiger partial charge on any atom is -0.348 e. The van der Waals surface area contributed by atoms with E-state index >= 15 is 0 Å². The fourth-order valence-corrected chi connectivity index (χ4v) is 5.20. The molecule has 5 nitrogen and oxygen atoms in total. The third-order valence-corrected chi connectivity index (χ3v) is 8.18. The molecule has 200 valence electrons. The number of amides is 1. The van der Waals surface area contributed by atoms with Crippen LogP contribution in [0.5, 0.6) is 0 Å². The SMILES string of the molecule is CCn1c(Cc2ccc(C(F)(F)F)cc2F)cc2cc(C(=O)NCc3ccc(S(=O)(=O)CC)cc3)ccc21. The Labute approximate surface area is 218 Å². The van der Waals surface area contributed by atoms with Gasteiger partial charge in [0.2, 0.25) is 0 Å². The molecule has 0 aliphatic heterocycles. The molecule has 0 radical (unpaired) electrons. The standard InChI is InChI=1S/C28H26F4N2O3S/c1-3-34-23(14-19-7-9-22(16-25(19)29)28(30,31)32)15-21-13-20(8-12-26(21)34)27(35)33-17-18-5-10-24(11-6-18)38(36,37)4-2/h5-13,15-16H,3-4,14,17H2,1-2H3,(H,33,35). The molecule has 0 bridgehead atoms. The highest BCUT2D eigenvalue weighted by Crippen LogP contribution is 2.31. The first-order valence-electron chi connectivity index (χ1n) is 12.0. The van der Waals surface area contributed by atoms with Gasteiger partial charge in [-0.15, -0.1) is 0 Å². The highest BCUT2D eigenvalue weighted by molar-refractivity contribution is 7.91. The number of aryl methyl sites for hydroxylation is 1. The lowest BCUT2D eigenvalue weighted by Crippen LogP contribution is -2.22. The van der Waals surface area contributed by atoms with Gasteiger partial charge in [0, 0.05) is 41.7 Å². The highest BCUT2D eigenvalue weighted by atomic mass is 32.2. The lowest BCUT2D eigenvalue weighted by molar-refractivity contribution is -0.137. The Morgan fingerprint density at radius 2 is 1.66 bits per heavy atom. The molecule has 3 aromatic carbocycles. The Kier molecular flexibility index (Phi) is 7.64.